The molecule has 2 N–H and O–H groups in total. The first-order chi connectivity index (χ1) is 17.4. The van der Waals surface area contributed by atoms with Gasteiger partial charge in [0.1, 0.15) is 17.2 Å². The lowest BCUT2D eigenvalue weighted by molar-refractivity contribution is -0.121. The zero-order valence-electron chi connectivity index (χ0n) is 21.5. The van der Waals surface area contributed by atoms with Crippen LogP contribution in [-0.4, -0.2) is 74.3 Å². The number of esters is 1. The fourth-order valence-electron chi connectivity index (χ4n) is 4.69. The highest BCUT2D eigenvalue weighted by Gasteiger charge is 2.31. The lowest BCUT2D eigenvalue weighted by atomic mass is 10.1. The average Bonchev–Trinajstić information content (AvgIpc) is 3.25. The second-order valence-electron chi connectivity index (χ2n) is 8.91. The first-order valence-corrected chi connectivity index (χ1v) is 12.2. The summed E-state index contributed by atoms with van der Waals surface area (Å²) in [5.74, 6) is 0.744. The number of amides is 1. The standard InChI is InChI=1S/C27H34N4O5/c1-6-36-27(33)25-24(22-15-21(35-5)10-11-23(22)28-25)29-26(32)18(3)30-12-13-31(17(2)16-30)19-8-7-9-20(14-19)34-4/h7-11,14-15,17-18,28H,6,12-13,16H2,1-5H3,(H,29,32)/t17-,18+/m1/s1. The molecule has 9 nitrogen and oxygen atoms in total. The molecular weight excluding hydrogens is 460 g/mol. The number of carbonyl (C=O) groups excluding carboxylic acids is 2. The molecule has 0 spiro atoms. The third kappa shape index (κ3) is 5.11. The van der Waals surface area contributed by atoms with E-state index in [4.69, 9.17) is 14.2 Å². The summed E-state index contributed by atoms with van der Waals surface area (Å²) < 4.78 is 15.9. The minimum atomic E-state index is -0.517. The van der Waals surface area contributed by atoms with E-state index < -0.39 is 12.0 Å². The normalized spacial score (nSPS) is 17.0. The van der Waals surface area contributed by atoms with Crippen LogP contribution in [0.25, 0.3) is 10.9 Å². The quantitative estimate of drug-likeness (QED) is 0.459. The predicted molar refractivity (Wildman–Crippen MR) is 140 cm³/mol. The number of anilines is 2. The number of methoxy groups -OCH3 is 2. The van der Waals surface area contributed by atoms with Crippen LogP contribution in [0.5, 0.6) is 11.5 Å². The summed E-state index contributed by atoms with van der Waals surface area (Å²) in [6.45, 7) is 8.25. The third-order valence-electron chi connectivity index (χ3n) is 6.70. The predicted octanol–water partition coefficient (Wildman–Crippen LogP) is 3.90. The number of nitrogens with zero attached hydrogens (tertiary/aromatic N) is 2. The summed E-state index contributed by atoms with van der Waals surface area (Å²) in [4.78, 5) is 33.6. The highest BCUT2D eigenvalue weighted by Crippen LogP contribution is 2.32. The number of aromatic amines is 1. The van der Waals surface area contributed by atoms with Crippen molar-refractivity contribution in [3.63, 3.8) is 0 Å². The highest BCUT2D eigenvalue weighted by molar-refractivity contribution is 6.12. The number of hydrogen-bond acceptors (Lipinski definition) is 7. The van der Waals surface area contributed by atoms with Crippen LogP contribution in [0.3, 0.4) is 0 Å². The van der Waals surface area contributed by atoms with Gasteiger partial charge in [0, 0.05) is 48.3 Å². The van der Waals surface area contributed by atoms with Crippen molar-refractivity contribution in [2.45, 2.75) is 32.9 Å². The van der Waals surface area contributed by atoms with Crippen molar-refractivity contribution < 1.29 is 23.8 Å². The van der Waals surface area contributed by atoms with Gasteiger partial charge in [-0.3, -0.25) is 9.69 Å². The molecule has 0 saturated carbocycles. The van der Waals surface area contributed by atoms with E-state index in [0.29, 0.717) is 22.3 Å². The van der Waals surface area contributed by atoms with Gasteiger partial charge in [0.2, 0.25) is 5.91 Å². The Morgan fingerprint density at radius 2 is 1.86 bits per heavy atom. The number of H-pyrrole nitrogens is 1. The Balaban J connectivity index is 1.52. The number of fused-ring (bicyclic) bond motifs is 1. The Morgan fingerprint density at radius 3 is 2.56 bits per heavy atom. The van der Waals surface area contributed by atoms with E-state index in [1.54, 1.807) is 33.3 Å². The minimum absolute atomic E-state index is 0.189. The van der Waals surface area contributed by atoms with Crippen molar-refractivity contribution in [2.75, 3.05) is 50.7 Å². The van der Waals surface area contributed by atoms with Crippen LogP contribution in [0.4, 0.5) is 11.4 Å². The molecule has 1 aliphatic rings. The number of nitrogens with one attached hydrogen (secondary N) is 2. The summed E-state index contributed by atoms with van der Waals surface area (Å²) in [5.41, 5.74) is 2.44. The SMILES string of the molecule is CCOC(=O)c1[nH]c2ccc(OC)cc2c1NC(=O)[C@H](C)N1CCN(c2cccc(OC)c2)[C@H](C)C1. The number of carbonyl (C=O) groups is 2. The van der Waals surface area contributed by atoms with Gasteiger partial charge in [-0.2, -0.15) is 0 Å². The van der Waals surface area contributed by atoms with Gasteiger partial charge in [0.05, 0.1) is 32.6 Å². The monoisotopic (exact) mass is 494 g/mol. The Morgan fingerprint density at radius 1 is 1.11 bits per heavy atom. The van der Waals surface area contributed by atoms with Gasteiger partial charge in [0.15, 0.2) is 0 Å². The zero-order chi connectivity index (χ0) is 25.8. The maximum atomic E-state index is 13.4. The minimum Gasteiger partial charge on any atom is -0.497 e. The molecule has 1 saturated heterocycles. The molecule has 2 heterocycles. The number of benzene rings is 2. The molecule has 1 fully saturated rings. The summed E-state index contributed by atoms with van der Waals surface area (Å²) in [6, 6.07) is 13.2. The third-order valence-corrected chi connectivity index (χ3v) is 6.70. The summed E-state index contributed by atoms with van der Waals surface area (Å²) in [7, 11) is 3.24. The van der Waals surface area contributed by atoms with Gasteiger partial charge in [0.25, 0.3) is 0 Å². The average molecular weight is 495 g/mol. The molecule has 1 aliphatic heterocycles. The van der Waals surface area contributed by atoms with Crippen molar-refractivity contribution in [3.8, 4) is 11.5 Å². The smallest absolute Gasteiger partial charge is 0.356 e. The van der Waals surface area contributed by atoms with E-state index in [2.05, 4.69) is 33.1 Å². The van der Waals surface area contributed by atoms with Gasteiger partial charge in [-0.25, -0.2) is 4.79 Å². The van der Waals surface area contributed by atoms with E-state index >= 15 is 0 Å². The second kappa shape index (κ2) is 10.9. The molecule has 2 aromatic carbocycles. The van der Waals surface area contributed by atoms with E-state index in [0.717, 1.165) is 31.1 Å². The molecular formula is C27H34N4O5. The van der Waals surface area contributed by atoms with Crippen LogP contribution in [-0.2, 0) is 9.53 Å². The molecule has 9 heteroatoms. The molecule has 0 unspecified atom stereocenters. The van der Waals surface area contributed by atoms with Crippen LogP contribution >= 0.6 is 0 Å². The molecule has 0 aliphatic carbocycles. The fourth-order valence-corrected chi connectivity index (χ4v) is 4.69. The summed E-state index contributed by atoms with van der Waals surface area (Å²) >= 11 is 0. The molecule has 3 aromatic rings. The van der Waals surface area contributed by atoms with E-state index in [9.17, 15) is 9.59 Å². The largest absolute Gasteiger partial charge is 0.497 e. The molecule has 192 valence electrons. The Kier molecular flexibility index (Phi) is 7.69. The van der Waals surface area contributed by atoms with Gasteiger partial charge < -0.3 is 29.4 Å². The second-order valence-corrected chi connectivity index (χ2v) is 8.91. The Bertz CT molecular complexity index is 1240. The molecule has 36 heavy (non-hydrogen) atoms. The van der Waals surface area contributed by atoms with Crippen molar-refractivity contribution in [3.05, 3.63) is 48.2 Å². The molecule has 2 atom stereocenters. The fraction of sp³-hybridized carbons (Fsp3) is 0.407. The Hall–Kier alpha value is -3.72. The topological polar surface area (TPSA) is 96.1 Å². The first-order valence-electron chi connectivity index (χ1n) is 12.2. The first kappa shape index (κ1) is 25.4. The van der Waals surface area contributed by atoms with Gasteiger partial charge in [-0.15, -0.1) is 0 Å². The maximum Gasteiger partial charge on any atom is 0.356 e. The lowest BCUT2D eigenvalue weighted by Crippen LogP contribution is -2.56. The van der Waals surface area contributed by atoms with Gasteiger partial charge >= 0.3 is 5.97 Å². The van der Waals surface area contributed by atoms with E-state index in [1.165, 1.54) is 0 Å². The molecule has 1 amide bonds. The number of aromatic nitrogens is 1. The molecule has 1 aromatic heterocycles. The Labute approximate surface area is 211 Å². The van der Waals surface area contributed by atoms with Gasteiger partial charge in [-0.05, 0) is 51.1 Å². The number of ether oxygens (including phenoxy) is 3. The summed E-state index contributed by atoms with van der Waals surface area (Å²) in [6.07, 6.45) is 0. The molecule has 0 bridgehead atoms. The van der Waals surface area contributed by atoms with Crippen molar-refractivity contribution in [1.29, 1.82) is 0 Å². The van der Waals surface area contributed by atoms with Crippen LogP contribution in [0, 0.1) is 0 Å². The number of hydrogen-bond donors (Lipinski definition) is 2. The number of piperazine rings is 1. The van der Waals surface area contributed by atoms with E-state index in [-0.39, 0.29) is 24.2 Å². The van der Waals surface area contributed by atoms with Crippen molar-refractivity contribution >= 4 is 34.2 Å². The zero-order valence-corrected chi connectivity index (χ0v) is 21.5. The van der Waals surface area contributed by atoms with Crippen LogP contribution in [0.1, 0.15) is 31.3 Å². The van der Waals surface area contributed by atoms with Crippen LogP contribution < -0.4 is 19.7 Å². The van der Waals surface area contributed by atoms with Crippen molar-refractivity contribution in [2.24, 2.45) is 0 Å². The van der Waals surface area contributed by atoms with Crippen molar-refractivity contribution in [1.82, 2.24) is 9.88 Å². The number of rotatable bonds is 8. The highest BCUT2D eigenvalue weighted by atomic mass is 16.5. The maximum absolute atomic E-state index is 13.4. The van der Waals surface area contributed by atoms with Gasteiger partial charge in [-0.1, -0.05) is 6.07 Å². The lowest BCUT2D eigenvalue weighted by Gasteiger charge is -2.43. The van der Waals surface area contributed by atoms with E-state index in [1.807, 2.05) is 31.2 Å². The summed E-state index contributed by atoms with van der Waals surface area (Å²) in [5, 5.41) is 3.68. The van der Waals surface area contributed by atoms with Crippen LogP contribution in [0.2, 0.25) is 0 Å². The van der Waals surface area contributed by atoms with Crippen LogP contribution in [0.15, 0.2) is 42.5 Å². The molecule has 0 radical (unpaired) electrons. The molecule has 4 rings (SSSR count).